The molecule has 1 saturated heterocycles. The number of fused-ring (bicyclic) bond motifs is 3. The van der Waals surface area contributed by atoms with Gasteiger partial charge in [-0.05, 0) is 49.6 Å². The van der Waals surface area contributed by atoms with Crippen molar-refractivity contribution in [3.63, 3.8) is 0 Å². The number of rotatable bonds is 4. The third kappa shape index (κ3) is 3.70. The lowest BCUT2D eigenvalue weighted by Gasteiger charge is -2.34. The molecule has 5 N–H and O–H groups in total. The number of hydrogen-bond acceptors (Lipinski definition) is 10. The van der Waals surface area contributed by atoms with Crippen LogP contribution >= 0.6 is 11.5 Å². The number of benzene rings is 1. The number of nitrogens with zero attached hydrogens (tertiary/aromatic N) is 4. The van der Waals surface area contributed by atoms with E-state index in [0.717, 1.165) is 11.5 Å². The van der Waals surface area contributed by atoms with Crippen LogP contribution in [0.15, 0.2) is 35.1 Å². The highest BCUT2D eigenvalue weighted by Gasteiger charge is 2.38. The Labute approximate surface area is 197 Å². The van der Waals surface area contributed by atoms with Gasteiger partial charge in [-0.2, -0.15) is 4.37 Å². The molecule has 4 heterocycles. The van der Waals surface area contributed by atoms with Crippen LogP contribution < -0.4 is 16.2 Å². The lowest BCUT2D eigenvalue weighted by Crippen LogP contribution is -2.51. The van der Waals surface area contributed by atoms with Crippen LogP contribution in [0.5, 0.6) is 0 Å². The van der Waals surface area contributed by atoms with Crippen LogP contribution in [0, 0.1) is 0 Å². The van der Waals surface area contributed by atoms with Crippen LogP contribution in [0.4, 0.5) is 11.6 Å². The van der Waals surface area contributed by atoms with Crippen LogP contribution in [0.25, 0.3) is 21.0 Å². The number of ether oxygens (including phenoxy) is 1. The van der Waals surface area contributed by atoms with Crippen LogP contribution in [-0.4, -0.2) is 54.7 Å². The zero-order chi connectivity index (χ0) is 24.2. The number of pyridine rings is 1. The van der Waals surface area contributed by atoms with Crippen LogP contribution in [0.2, 0.25) is 0 Å². The summed E-state index contributed by atoms with van der Waals surface area (Å²) in [4.78, 5) is 38.8. The first kappa shape index (κ1) is 22.3. The maximum absolute atomic E-state index is 13.2. The first-order valence-electron chi connectivity index (χ1n) is 10.5. The van der Waals surface area contributed by atoms with Crippen LogP contribution in [-0.2, 0) is 15.1 Å². The molecule has 1 aliphatic heterocycles. The minimum Gasteiger partial charge on any atom is -0.384 e. The second-order valence-corrected chi connectivity index (χ2v) is 9.29. The Kier molecular flexibility index (Phi) is 5.32. The maximum Gasteiger partial charge on any atom is 0.260 e. The normalized spacial score (nSPS) is 18.1. The molecule has 1 fully saturated rings. The van der Waals surface area contributed by atoms with Gasteiger partial charge in [-0.15, -0.1) is 0 Å². The number of amides is 1. The van der Waals surface area contributed by atoms with Crippen molar-refractivity contribution in [2.75, 3.05) is 23.8 Å². The van der Waals surface area contributed by atoms with Crippen LogP contribution in [0.1, 0.15) is 31.5 Å². The minimum absolute atomic E-state index is 0.0901. The molecule has 11 nitrogen and oxygen atoms in total. The Morgan fingerprint density at radius 1 is 1.26 bits per heavy atom. The van der Waals surface area contributed by atoms with Crippen molar-refractivity contribution in [2.45, 2.75) is 31.7 Å². The number of aliphatic hydroxyl groups excluding tert-OH is 1. The molecule has 0 unspecified atom stereocenters. The summed E-state index contributed by atoms with van der Waals surface area (Å²) in [5.74, 6) is 0.0320. The van der Waals surface area contributed by atoms with Gasteiger partial charge in [-0.1, -0.05) is 6.07 Å². The molecule has 12 heteroatoms. The average Bonchev–Trinajstić information content (AvgIpc) is 3.18. The largest absolute Gasteiger partial charge is 0.384 e. The Morgan fingerprint density at radius 2 is 2.06 bits per heavy atom. The molecule has 1 amide bonds. The highest BCUT2D eigenvalue weighted by Crippen LogP contribution is 2.31. The summed E-state index contributed by atoms with van der Waals surface area (Å²) in [5.41, 5.74) is 4.93. The number of H-pyrrole nitrogens is 1. The highest BCUT2D eigenvalue weighted by molar-refractivity contribution is 7.14. The summed E-state index contributed by atoms with van der Waals surface area (Å²) in [6, 6.07) is 8.33. The zero-order valence-corrected chi connectivity index (χ0v) is 19.2. The average molecular weight is 483 g/mol. The molecule has 176 valence electrons. The molecule has 0 bridgehead atoms. The molecular weight excluding hydrogens is 460 g/mol. The van der Waals surface area contributed by atoms with E-state index in [-0.39, 0.29) is 19.0 Å². The molecule has 4 aromatic rings. The van der Waals surface area contributed by atoms with Gasteiger partial charge in [-0.3, -0.25) is 14.5 Å². The predicted octanol–water partition coefficient (Wildman–Crippen LogP) is 1.20. The van der Waals surface area contributed by atoms with Gasteiger partial charge < -0.3 is 25.7 Å². The van der Waals surface area contributed by atoms with Crippen molar-refractivity contribution in [1.29, 1.82) is 0 Å². The van der Waals surface area contributed by atoms with Gasteiger partial charge in [0, 0.05) is 5.39 Å². The standard InChI is InChI=1S/C22H22N6O5S/c1-22(2,32)12-4-3-5-13(25-12)28-8-9-33-16(21(28)31)15(29)19-24-11-7-6-10-17(34-27-18(10)23)14(11)20(30)26-19/h3-7,15-16,29,32H,8-9H2,1-2H3,(H2,23,27)(H,24,26,30)/t15-,16-/m1/s1. The number of carbonyl (C=O) groups is 1. The van der Waals surface area contributed by atoms with E-state index in [1.807, 2.05) is 0 Å². The topological polar surface area (TPSA) is 168 Å². The summed E-state index contributed by atoms with van der Waals surface area (Å²) in [5, 5.41) is 22.2. The SMILES string of the molecule is CC(C)(O)c1cccc(N2CCO[C@H]([C@@H](O)c3nc4ccc5c(N)nsc5c4c(=O)[nH]3)C2=O)n1. The number of morpholine rings is 1. The van der Waals surface area contributed by atoms with E-state index in [2.05, 4.69) is 19.3 Å². The summed E-state index contributed by atoms with van der Waals surface area (Å²) < 4.78 is 10.3. The van der Waals surface area contributed by atoms with Gasteiger partial charge in [0.25, 0.3) is 11.5 Å². The molecule has 0 spiro atoms. The fourth-order valence-electron chi connectivity index (χ4n) is 3.92. The van der Waals surface area contributed by atoms with Crippen molar-refractivity contribution in [1.82, 2.24) is 19.3 Å². The summed E-state index contributed by atoms with van der Waals surface area (Å²) in [6.45, 7) is 3.56. The van der Waals surface area contributed by atoms with E-state index in [9.17, 15) is 19.8 Å². The minimum atomic E-state index is -1.52. The number of anilines is 2. The molecule has 1 aromatic carbocycles. The van der Waals surface area contributed by atoms with Gasteiger partial charge in [0.1, 0.15) is 29.2 Å². The van der Waals surface area contributed by atoms with Gasteiger partial charge in [0.05, 0.1) is 34.4 Å². The van der Waals surface area contributed by atoms with E-state index < -0.39 is 29.3 Å². The molecule has 2 atom stereocenters. The summed E-state index contributed by atoms with van der Waals surface area (Å²) >= 11 is 1.09. The molecular formula is C22H22N6O5S. The fraction of sp³-hybridized carbons (Fsp3) is 0.318. The number of nitrogen functional groups attached to an aromatic ring is 1. The summed E-state index contributed by atoms with van der Waals surface area (Å²) in [6.07, 6.45) is -2.82. The van der Waals surface area contributed by atoms with E-state index in [1.165, 1.54) is 4.90 Å². The van der Waals surface area contributed by atoms with Crippen molar-refractivity contribution in [3.05, 3.63) is 52.2 Å². The van der Waals surface area contributed by atoms with Gasteiger partial charge in [0.15, 0.2) is 6.10 Å². The third-order valence-corrected chi connectivity index (χ3v) is 6.58. The highest BCUT2D eigenvalue weighted by atomic mass is 32.1. The molecule has 0 radical (unpaired) electrons. The second kappa shape index (κ2) is 8.09. The molecule has 1 aliphatic rings. The van der Waals surface area contributed by atoms with E-state index in [4.69, 9.17) is 10.5 Å². The van der Waals surface area contributed by atoms with Gasteiger partial charge in [0.2, 0.25) is 0 Å². The third-order valence-electron chi connectivity index (χ3n) is 5.68. The van der Waals surface area contributed by atoms with Gasteiger partial charge in [-0.25, -0.2) is 9.97 Å². The number of aromatic amines is 1. The Balaban J connectivity index is 1.49. The molecule has 5 rings (SSSR count). The van der Waals surface area contributed by atoms with Gasteiger partial charge >= 0.3 is 0 Å². The summed E-state index contributed by atoms with van der Waals surface area (Å²) in [7, 11) is 0. The van der Waals surface area contributed by atoms with Crippen molar-refractivity contribution in [3.8, 4) is 0 Å². The van der Waals surface area contributed by atoms with Crippen molar-refractivity contribution < 1.29 is 19.7 Å². The maximum atomic E-state index is 13.2. The van der Waals surface area contributed by atoms with E-state index in [1.54, 1.807) is 44.2 Å². The zero-order valence-electron chi connectivity index (χ0n) is 18.3. The molecule has 34 heavy (non-hydrogen) atoms. The number of carbonyl (C=O) groups excluding carboxylic acids is 1. The quantitative estimate of drug-likeness (QED) is 0.334. The monoisotopic (exact) mass is 482 g/mol. The molecule has 0 aliphatic carbocycles. The first-order chi connectivity index (χ1) is 16.1. The molecule has 0 saturated carbocycles. The Bertz CT molecular complexity index is 1480. The van der Waals surface area contributed by atoms with Crippen LogP contribution in [0.3, 0.4) is 0 Å². The Morgan fingerprint density at radius 3 is 2.82 bits per heavy atom. The lowest BCUT2D eigenvalue weighted by atomic mass is 10.0. The lowest BCUT2D eigenvalue weighted by molar-refractivity contribution is -0.143. The molecule has 3 aromatic heterocycles. The Hall–Kier alpha value is -3.45. The first-order valence-corrected chi connectivity index (χ1v) is 11.3. The number of nitrogens with two attached hydrogens (primary N) is 1. The number of aromatic nitrogens is 4. The van der Waals surface area contributed by atoms with Crippen molar-refractivity contribution >= 4 is 50.1 Å². The second-order valence-electron chi connectivity index (χ2n) is 8.52. The predicted molar refractivity (Wildman–Crippen MR) is 126 cm³/mol. The number of aliphatic hydroxyl groups is 2. The number of hydrogen-bond donors (Lipinski definition) is 4. The van der Waals surface area contributed by atoms with Crippen molar-refractivity contribution in [2.24, 2.45) is 0 Å². The smallest absolute Gasteiger partial charge is 0.260 e. The fourth-order valence-corrected chi connectivity index (χ4v) is 4.77. The van der Waals surface area contributed by atoms with E-state index >= 15 is 0 Å². The number of nitrogens with one attached hydrogen (secondary N) is 1. The van der Waals surface area contributed by atoms with E-state index in [0.29, 0.717) is 38.3 Å².